The standard InChI is InChI=1S/C19H18N2OS2/c1-14(15-7-3-2-4-8-15)21-19(22)17-9-5-6-10-18(17)24-12-16-11-23-13-20-16/h2-11,13-14H,12H2,1H3,(H,21,22)/t14-/m1/s1. The van der Waals surface area contributed by atoms with Gasteiger partial charge in [0, 0.05) is 16.0 Å². The van der Waals surface area contributed by atoms with E-state index in [9.17, 15) is 4.79 Å². The van der Waals surface area contributed by atoms with E-state index < -0.39 is 0 Å². The van der Waals surface area contributed by atoms with Crippen LogP contribution in [0.1, 0.15) is 34.6 Å². The van der Waals surface area contributed by atoms with Gasteiger partial charge in [-0.1, -0.05) is 42.5 Å². The Bertz CT molecular complexity index is 788. The third-order valence-corrected chi connectivity index (χ3v) is 5.38. The lowest BCUT2D eigenvalue weighted by atomic mass is 10.1. The molecule has 0 bridgehead atoms. The molecule has 0 aliphatic carbocycles. The molecule has 0 aliphatic heterocycles. The Labute approximate surface area is 150 Å². The quantitative estimate of drug-likeness (QED) is 0.639. The van der Waals surface area contributed by atoms with Gasteiger partial charge in [0.1, 0.15) is 0 Å². The van der Waals surface area contributed by atoms with Crippen LogP contribution in [0.4, 0.5) is 0 Å². The fraction of sp³-hybridized carbons (Fsp3) is 0.158. The molecule has 2 aromatic carbocycles. The second-order valence-electron chi connectivity index (χ2n) is 5.37. The van der Waals surface area contributed by atoms with Crippen LogP contribution in [0.25, 0.3) is 0 Å². The molecule has 0 spiro atoms. The molecular weight excluding hydrogens is 336 g/mol. The van der Waals surface area contributed by atoms with Crippen LogP contribution in [-0.2, 0) is 5.75 Å². The van der Waals surface area contributed by atoms with Crippen molar-refractivity contribution in [3.05, 3.63) is 82.3 Å². The molecule has 1 heterocycles. The molecule has 0 saturated heterocycles. The van der Waals surface area contributed by atoms with Gasteiger partial charge in [-0.3, -0.25) is 4.79 Å². The summed E-state index contributed by atoms with van der Waals surface area (Å²) in [5, 5.41) is 5.12. The maximum Gasteiger partial charge on any atom is 0.252 e. The normalized spacial score (nSPS) is 11.9. The molecular formula is C19H18N2OS2. The topological polar surface area (TPSA) is 42.0 Å². The van der Waals surface area contributed by atoms with E-state index in [4.69, 9.17) is 0 Å². The average molecular weight is 354 g/mol. The van der Waals surface area contributed by atoms with Gasteiger partial charge in [-0.05, 0) is 24.6 Å². The van der Waals surface area contributed by atoms with Crippen molar-refractivity contribution in [2.75, 3.05) is 0 Å². The van der Waals surface area contributed by atoms with Crippen molar-refractivity contribution < 1.29 is 4.79 Å². The lowest BCUT2D eigenvalue weighted by molar-refractivity contribution is 0.0937. The molecule has 3 rings (SSSR count). The minimum atomic E-state index is -0.0484. The van der Waals surface area contributed by atoms with Crippen LogP contribution in [0.5, 0.6) is 0 Å². The van der Waals surface area contributed by atoms with Crippen LogP contribution < -0.4 is 5.32 Å². The van der Waals surface area contributed by atoms with Crippen LogP contribution in [0.2, 0.25) is 0 Å². The Morgan fingerprint density at radius 3 is 2.67 bits per heavy atom. The van der Waals surface area contributed by atoms with Crippen LogP contribution >= 0.6 is 23.1 Å². The summed E-state index contributed by atoms with van der Waals surface area (Å²) in [7, 11) is 0. The maximum atomic E-state index is 12.7. The second kappa shape index (κ2) is 8.13. The number of nitrogens with one attached hydrogen (secondary N) is 1. The lowest BCUT2D eigenvalue weighted by Gasteiger charge is -2.16. The largest absolute Gasteiger partial charge is 0.345 e. The number of nitrogens with zero attached hydrogens (tertiary/aromatic N) is 1. The zero-order valence-electron chi connectivity index (χ0n) is 13.3. The maximum absolute atomic E-state index is 12.7. The molecule has 0 unspecified atom stereocenters. The lowest BCUT2D eigenvalue weighted by Crippen LogP contribution is -2.27. The van der Waals surface area contributed by atoms with Gasteiger partial charge >= 0.3 is 0 Å². The van der Waals surface area contributed by atoms with Crippen molar-refractivity contribution in [1.82, 2.24) is 10.3 Å². The molecule has 122 valence electrons. The number of thiazole rings is 1. The summed E-state index contributed by atoms with van der Waals surface area (Å²) < 4.78 is 0. The highest BCUT2D eigenvalue weighted by atomic mass is 32.2. The smallest absolute Gasteiger partial charge is 0.252 e. The number of benzene rings is 2. The predicted octanol–water partition coefficient (Wildman–Crippen LogP) is 4.93. The van der Waals surface area contributed by atoms with E-state index in [0.29, 0.717) is 5.56 Å². The molecule has 0 aliphatic rings. The summed E-state index contributed by atoms with van der Waals surface area (Å²) >= 11 is 3.23. The van der Waals surface area contributed by atoms with Crippen LogP contribution in [-0.4, -0.2) is 10.9 Å². The summed E-state index contributed by atoms with van der Waals surface area (Å²) in [5.74, 6) is 0.718. The summed E-state index contributed by atoms with van der Waals surface area (Å²) in [5.41, 5.74) is 4.67. The van der Waals surface area contributed by atoms with Crippen LogP contribution in [0.3, 0.4) is 0 Å². The first kappa shape index (κ1) is 16.7. The van der Waals surface area contributed by atoms with Gasteiger partial charge in [0.2, 0.25) is 0 Å². The third kappa shape index (κ3) is 4.24. The number of carbonyl (C=O) groups excluding carboxylic acids is 1. The Morgan fingerprint density at radius 1 is 1.17 bits per heavy atom. The molecule has 5 heteroatoms. The fourth-order valence-corrected chi connectivity index (χ4v) is 3.96. The van der Waals surface area contributed by atoms with E-state index in [1.165, 1.54) is 0 Å². The molecule has 1 atom stereocenters. The van der Waals surface area contributed by atoms with Gasteiger partial charge < -0.3 is 5.32 Å². The van der Waals surface area contributed by atoms with Crippen molar-refractivity contribution >= 4 is 29.0 Å². The first-order chi connectivity index (χ1) is 11.7. The van der Waals surface area contributed by atoms with E-state index >= 15 is 0 Å². The van der Waals surface area contributed by atoms with Crippen LogP contribution in [0.15, 0.2) is 70.4 Å². The minimum Gasteiger partial charge on any atom is -0.345 e. The molecule has 24 heavy (non-hydrogen) atoms. The van der Waals surface area contributed by atoms with E-state index in [2.05, 4.69) is 10.3 Å². The van der Waals surface area contributed by atoms with Crippen molar-refractivity contribution in [3.63, 3.8) is 0 Å². The highest BCUT2D eigenvalue weighted by Gasteiger charge is 2.15. The zero-order chi connectivity index (χ0) is 16.8. The molecule has 0 fully saturated rings. The monoisotopic (exact) mass is 354 g/mol. The number of thioether (sulfide) groups is 1. The zero-order valence-corrected chi connectivity index (χ0v) is 14.9. The third-order valence-electron chi connectivity index (χ3n) is 3.64. The molecule has 0 radical (unpaired) electrons. The van der Waals surface area contributed by atoms with Gasteiger partial charge in [-0.15, -0.1) is 23.1 Å². The molecule has 3 aromatic rings. The number of hydrogen-bond acceptors (Lipinski definition) is 4. The number of rotatable bonds is 6. The second-order valence-corrected chi connectivity index (χ2v) is 7.11. The Kier molecular flexibility index (Phi) is 5.67. The number of aromatic nitrogens is 1. The molecule has 1 amide bonds. The van der Waals surface area contributed by atoms with Gasteiger partial charge in [-0.2, -0.15) is 0 Å². The summed E-state index contributed by atoms with van der Waals surface area (Å²) in [6.07, 6.45) is 0. The summed E-state index contributed by atoms with van der Waals surface area (Å²) in [6.45, 7) is 2.00. The molecule has 0 saturated carbocycles. The Balaban J connectivity index is 1.70. The van der Waals surface area contributed by atoms with Crippen molar-refractivity contribution in [3.8, 4) is 0 Å². The molecule has 3 nitrogen and oxygen atoms in total. The van der Waals surface area contributed by atoms with Gasteiger partial charge in [0.25, 0.3) is 5.91 Å². The average Bonchev–Trinajstić information content (AvgIpc) is 3.14. The van der Waals surface area contributed by atoms with Crippen molar-refractivity contribution in [2.24, 2.45) is 0 Å². The number of carbonyl (C=O) groups is 1. The summed E-state index contributed by atoms with van der Waals surface area (Å²) in [6, 6.07) is 17.7. The number of hydrogen-bond donors (Lipinski definition) is 1. The first-order valence-electron chi connectivity index (χ1n) is 7.69. The Morgan fingerprint density at radius 2 is 1.92 bits per heavy atom. The van der Waals surface area contributed by atoms with Crippen LogP contribution in [0, 0.1) is 0 Å². The predicted molar refractivity (Wildman–Crippen MR) is 100 cm³/mol. The number of amides is 1. The van der Waals surface area contributed by atoms with E-state index in [-0.39, 0.29) is 11.9 Å². The molecule has 1 N–H and O–H groups in total. The minimum absolute atomic E-state index is 0.0321. The fourth-order valence-electron chi connectivity index (χ4n) is 2.34. The summed E-state index contributed by atoms with van der Waals surface area (Å²) in [4.78, 5) is 17.9. The van der Waals surface area contributed by atoms with Crippen molar-refractivity contribution in [2.45, 2.75) is 23.6 Å². The van der Waals surface area contributed by atoms with Gasteiger partial charge in [-0.25, -0.2) is 4.98 Å². The molecule has 1 aromatic heterocycles. The van der Waals surface area contributed by atoms with E-state index in [0.717, 1.165) is 21.9 Å². The van der Waals surface area contributed by atoms with Gasteiger partial charge in [0.15, 0.2) is 0 Å². The highest BCUT2D eigenvalue weighted by Crippen LogP contribution is 2.26. The van der Waals surface area contributed by atoms with E-state index in [1.807, 2.05) is 72.4 Å². The SMILES string of the molecule is C[C@@H](NC(=O)c1ccccc1SCc1cscn1)c1ccccc1. The van der Waals surface area contributed by atoms with Gasteiger partial charge in [0.05, 0.1) is 22.8 Å². The van der Waals surface area contributed by atoms with E-state index in [1.54, 1.807) is 23.1 Å². The van der Waals surface area contributed by atoms with Crippen molar-refractivity contribution in [1.29, 1.82) is 0 Å². The first-order valence-corrected chi connectivity index (χ1v) is 9.61. The highest BCUT2D eigenvalue weighted by molar-refractivity contribution is 7.98. The Hall–Kier alpha value is -2.11.